The van der Waals surface area contributed by atoms with Crippen molar-refractivity contribution in [1.29, 1.82) is 0 Å². The number of guanidine groups is 1. The smallest absolute Gasteiger partial charge is 0.261 e. The zero-order valence-electron chi connectivity index (χ0n) is 14.5. The summed E-state index contributed by atoms with van der Waals surface area (Å²) in [5, 5.41) is 8.16. The van der Waals surface area contributed by atoms with Gasteiger partial charge in [-0.3, -0.25) is 9.79 Å². The van der Waals surface area contributed by atoms with Crippen LogP contribution in [0.15, 0.2) is 51.2 Å². The van der Waals surface area contributed by atoms with E-state index in [1.807, 2.05) is 42.8 Å². The monoisotopic (exact) mass is 422 g/mol. The quantitative estimate of drug-likeness (QED) is 0.408. The van der Waals surface area contributed by atoms with Gasteiger partial charge in [-0.25, -0.2) is 0 Å². The zero-order chi connectivity index (χ0) is 18.1. The minimum atomic E-state index is -0.00886. The van der Waals surface area contributed by atoms with Crippen molar-refractivity contribution in [2.24, 2.45) is 4.99 Å². The molecule has 0 bridgehead atoms. The molecule has 2 N–H and O–H groups in total. The zero-order valence-corrected chi connectivity index (χ0v) is 16.9. The summed E-state index contributed by atoms with van der Waals surface area (Å²) in [4.78, 5) is 19.0. The lowest BCUT2D eigenvalue weighted by Gasteiger charge is -2.22. The Labute approximate surface area is 161 Å². The fraction of sp³-hybridized carbons (Fsp3) is 0.333. The van der Waals surface area contributed by atoms with Crippen molar-refractivity contribution in [1.82, 2.24) is 15.5 Å². The number of aliphatic imine (C=N–C) groups is 1. The van der Waals surface area contributed by atoms with Crippen molar-refractivity contribution >= 4 is 39.1 Å². The number of amides is 1. The van der Waals surface area contributed by atoms with Gasteiger partial charge in [0.15, 0.2) is 5.96 Å². The summed E-state index contributed by atoms with van der Waals surface area (Å²) >= 11 is 5.02. The molecular weight excluding hydrogens is 400 g/mol. The first-order valence-corrected chi connectivity index (χ1v) is 9.76. The number of hydrogen-bond acceptors (Lipinski definition) is 3. The van der Waals surface area contributed by atoms with Crippen molar-refractivity contribution in [3.05, 3.63) is 56.7 Å². The van der Waals surface area contributed by atoms with E-state index in [0.29, 0.717) is 6.54 Å². The molecule has 2 rings (SSSR count). The Balaban J connectivity index is 1.71. The maximum absolute atomic E-state index is 11.8. The second kappa shape index (κ2) is 10.2. The molecule has 0 unspecified atom stereocenters. The van der Waals surface area contributed by atoms with Crippen LogP contribution in [0.5, 0.6) is 0 Å². The molecule has 0 aliphatic heterocycles. The third-order valence-electron chi connectivity index (χ3n) is 3.61. The molecule has 134 valence electrons. The Morgan fingerprint density at radius 2 is 1.96 bits per heavy atom. The fourth-order valence-electron chi connectivity index (χ4n) is 2.33. The Bertz CT molecular complexity index is 703. The number of hydrogen-bond donors (Lipinski definition) is 2. The van der Waals surface area contributed by atoms with E-state index in [0.717, 1.165) is 34.8 Å². The highest BCUT2D eigenvalue weighted by Gasteiger charge is 2.08. The van der Waals surface area contributed by atoms with E-state index >= 15 is 0 Å². The molecule has 5 nitrogen and oxygen atoms in total. The van der Waals surface area contributed by atoms with E-state index in [1.165, 1.54) is 16.9 Å². The van der Waals surface area contributed by atoms with E-state index in [1.54, 1.807) is 7.05 Å². The lowest BCUT2D eigenvalue weighted by Crippen LogP contribution is -2.39. The van der Waals surface area contributed by atoms with Crippen LogP contribution in [0.4, 0.5) is 0 Å². The first-order chi connectivity index (χ1) is 12.1. The fourth-order valence-corrected chi connectivity index (χ4v) is 3.38. The van der Waals surface area contributed by atoms with Gasteiger partial charge in [-0.1, -0.05) is 40.2 Å². The van der Waals surface area contributed by atoms with Gasteiger partial charge >= 0.3 is 0 Å². The van der Waals surface area contributed by atoms with E-state index in [2.05, 4.69) is 42.5 Å². The summed E-state index contributed by atoms with van der Waals surface area (Å²) < 4.78 is 1.09. The van der Waals surface area contributed by atoms with E-state index in [-0.39, 0.29) is 5.91 Å². The average molecular weight is 423 g/mol. The number of thiophene rings is 1. The van der Waals surface area contributed by atoms with Crippen LogP contribution in [0.3, 0.4) is 0 Å². The highest BCUT2D eigenvalue weighted by atomic mass is 79.9. The van der Waals surface area contributed by atoms with Gasteiger partial charge in [-0.05, 0) is 29.5 Å². The van der Waals surface area contributed by atoms with Crippen molar-refractivity contribution in [2.45, 2.75) is 13.0 Å². The van der Waals surface area contributed by atoms with Gasteiger partial charge < -0.3 is 15.5 Å². The van der Waals surface area contributed by atoms with Crippen LogP contribution in [0, 0.1) is 0 Å². The van der Waals surface area contributed by atoms with Crippen molar-refractivity contribution < 1.29 is 4.79 Å². The Kier molecular flexibility index (Phi) is 7.94. The van der Waals surface area contributed by atoms with Crippen LogP contribution in [0.25, 0.3) is 0 Å². The van der Waals surface area contributed by atoms with E-state index < -0.39 is 0 Å². The first-order valence-electron chi connectivity index (χ1n) is 8.08. The van der Waals surface area contributed by atoms with Gasteiger partial charge in [0.1, 0.15) is 0 Å². The van der Waals surface area contributed by atoms with Crippen LogP contribution in [-0.4, -0.2) is 44.0 Å². The second-order valence-corrected chi connectivity index (χ2v) is 7.31. The van der Waals surface area contributed by atoms with Gasteiger partial charge in [0.25, 0.3) is 5.91 Å². The number of carbonyl (C=O) groups excluding carboxylic acids is 1. The van der Waals surface area contributed by atoms with Crippen LogP contribution in [-0.2, 0) is 6.54 Å². The molecule has 7 heteroatoms. The highest BCUT2D eigenvalue weighted by Crippen LogP contribution is 2.17. The largest absolute Gasteiger partial charge is 0.356 e. The van der Waals surface area contributed by atoms with Crippen molar-refractivity contribution in [3.8, 4) is 0 Å². The predicted molar refractivity (Wildman–Crippen MR) is 108 cm³/mol. The molecule has 1 amide bonds. The number of carbonyl (C=O) groups is 1. The number of nitrogens with one attached hydrogen (secondary N) is 2. The molecule has 1 aromatic heterocycles. The lowest BCUT2D eigenvalue weighted by atomic mass is 10.2. The minimum absolute atomic E-state index is 0.00886. The van der Waals surface area contributed by atoms with Crippen LogP contribution in [0.1, 0.15) is 21.7 Å². The topological polar surface area (TPSA) is 56.7 Å². The summed E-state index contributed by atoms with van der Waals surface area (Å²) in [5.41, 5.74) is 1.20. The Hall–Kier alpha value is -1.86. The number of benzene rings is 1. The van der Waals surface area contributed by atoms with Crippen LogP contribution >= 0.6 is 27.3 Å². The number of halogens is 1. The van der Waals surface area contributed by atoms with Crippen molar-refractivity contribution in [2.75, 3.05) is 27.2 Å². The Morgan fingerprint density at radius 3 is 2.64 bits per heavy atom. The molecule has 0 saturated heterocycles. The molecule has 0 atom stereocenters. The predicted octanol–water partition coefficient (Wildman–Crippen LogP) is 3.34. The van der Waals surface area contributed by atoms with Crippen molar-refractivity contribution in [3.63, 3.8) is 0 Å². The first kappa shape index (κ1) is 19.5. The summed E-state index contributed by atoms with van der Waals surface area (Å²) in [5.74, 6) is 0.825. The molecule has 0 aliphatic rings. The SMILES string of the molecule is CN=C(NCCCNC(=O)c1cccs1)N(C)Cc1ccccc1Br. The molecular formula is C18H23BrN4OS. The van der Waals surface area contributed by atoms with E-state index in [9.17, 15) is 4.79 Å². The summed E-state index contributed by atoms with van der Waals surface area (Å²) in [6.07, 6.45) is 0.832. The number of rotatable bonds is 7. The summed E-state index contributed by atoms with van der Waals surface area (Å²) in [7, 11) is 3.78. The Morgan fingerprint density at radius 1 is 1.20 bits per heavy atom. The lowest BCUT2D eigenvalue weighted by molar-refractivity contribution is 0.0957. The normalized spacial score (nSPS) is 11.2. The maximum atomic E-state index is 11.8. The molecule has 0 aliphatic carbocycles. The van der Waals surface area contributed by atoms with Gasteiger partial charge in [0.2, 0.25) is 0 Å². The molecule has 0 radical (unpaired) electrons. The molecule has 0 saturated carbocycles. The molecule has 25 heavy (non-hydrogen) atoms. The van der Waals surface area contributed by atoms with Gasteiger partial charge in [0.05, 0.1) is 4.88 Å². The highest BCUT2D eigenvalue weighted by molar-refractivity contribution is 9.10. The molecule has 2 aromatic rings. The van der Waals surface area contributed by atoms with Gasteiger partial charge in [-0.2, -0.15) is 0 Å². The minimum Gasteiger partial charge on any atom is -0.356 e. The average Bonchev–Trinajstić information content (AvgIpc) is 3.14. The summed E-state index contributed by atoms with van der Waals surface area (Å²) in [6, 6.07) is 11.9. The van der Waals surface area contributed by atoms with Gasteiger partial charge in [0, 0.05) is 38.2 Å². The van der Waals surface area contributed by atoms with E-state index in [4.69, 9.17) is 0 Å². The molecule has 1 heterocycles. The van der Waals surface area contributed by atoms with Gasteiger partial charge in [-0.15, -0.1) is 11.3 Å². The molecule has 0 fully saturated rings. The maximum Gasteiger partial charge on any atom is 0.261 e. The number of nitrogens with zero attached hydrogens (tertiary/aromatic N) is 2. The third-order valence-corrected chi connectivity index (χ3v) is 5.25. The van der Waals surface area contributed by atoms with Crippen LogP contribution in [0.2, 0.25) is 0 Å². The molecule has 1 aromatic carbocycles. The second-order valence-electron chi connectivity index (χ2n) is 5.51. The summed E-state index contributed by atoms with van der Waals surface area (Å²) in [6.45, 7) is 2.14. The molecule has 0 spiro atoms. The van der Waals surface area contributed by atoms with Crippen LogP contribution < -0.4 is 10.6 Å². The standard InChI is InChI=1S/C18H23BrN4OS/c1-20-18(23(2)13-14-7-3-4-8-15(14)19)22-11-6-10-21-17(24)16-9-5-12-25-16/h3-5,7-9,12H,6,10-11,13H2,1-2H3,(H,20,22)(H,21,24). The third kappa shape index (κ3) is 6.17.